The van der Waals surface area contributed by atoms with Crippen LogP contribution in [0, 0.1) is 5.41 Å². The first kappa shape index (κ1) is 22.4. The number of hydrogen-bond donors (Lipinski definition) is 3. The second-order valence-corrected chi connectivity index (χ2v) is 8.55. The molecule has 5 rings (SSSR count). The summed E-state index contributed by atoms with van der Waals surface area (Å²) in [5, 5.41) is 27.2. The van der Waals surface area contributed by atoms with Crippen molar-refractivity contribution in [2.24, 2.45) is 5.41 Å². The van der Waals surface area contributed by atoms with Crippen molar-refractivity contribution in [3.63, 3.8) is 0 Å². The lowest BCUT2D eigenvalue weighted by Gasteiger charge is -2.31. The van der Waals surface area contributed by atoms with Crippen LogP contribution in [-0.4, -0.2) is 69.3 Å². The summed E-state index contributed by atoms with van der Waals surface area (Å²) in [6.07, 6.45) is -2.70. The number of aliphatic hydroxyl groups is 1. The number of anilines is 2. The molecule has 1 aliphatic carbocycles. The second kappa shape index (κ2) is 8.13. The summed E-state index contributed by atoms with van der Waals surface area (Å²) < 4.78 is 47.7. The molecule has 1 aromatic carbocycles. The van der Waals surface area contributed by atoms with Gasteiger partial charge in [0.1, 0.15) is 11.3 Å². The Hall–Kier alpha value is -3.38. The van der Waals surface area contributed by atoms with Crippen molar-refractivity contribution >= 4 is 22.9 Å². The van der Waals surface area contributed by atoms with Crippen molar-refractivity contribution in [3.05, 3.63) is 47.9 Å². The van der Waals surface area contributed by atoms with Crippen LogP contribution in [0.25, 0.3) is 5.65 Å². The zero-order valence-corrected chi connectivity index (χ0v) is 17.9. The summed E-state index contributed by atoms with van der Waals surface area (Å²) in [6, 6.07) is 4.35. The van der Waals surface area contributed by atoms with Gasteiger partial charge in [-0.1, -0.05) is 0 Å². The zero-order valence-electron chi connectivity index (χ0n) is 17.9. The topological polar surface area (TPSA) is 112 Å². The van der Waals surface area contributed by atoms with E-state index in [-0.39, 0.29) is 22.6 Å². The maximum absolute atomic E-state index is 13.6. The fourth-order valence-corrected chi connectivity index (χ4v) is 4.33. The molecule has 2 fully saturated rings. The van der Waals surface area contributed by atoms with Gasteiger partial charge in [0.25, 0.3) is 5.91 Å². The Kier molecular flexibility index (Phi) is 5.36. The number of nitrogens with zero attached hydrogens (tertiary/aromatic N) is 4. The van der Waals surface area contributed by atoms with E-state index in [1.54, 1.807) is 12.3 Å². The number of hydrogen-bond acceptors (Lipinski definition) is 7. The minimum atomic E-state index is -4.63. The number of fused-ring (bicyclic) bond motifs is 1. The Labute approximate surface area is 191 Å². The standard InChI is InChI=1S/C22H22F3N5O4/c23-22(24,25)21(11-18(21)32)10-13-8-15(16(9-17(13)31)29-4-6-34-7-5-29)28-20(33)14-12-27-30-3-1-2-26-19(14)30/h1-3,8-9,12,18,31-32H,4-7,10-11H2,(H,28,33)/t18?,21-/m1/s1. The number of morpholine rings is 1. The van der Waals surface area contributed by atoms with Crippen molar-refractivity contribution < 1.29 is 32.9 Å². The Morgan fingerprint density at radius 2 is 2.03 bits per heavy atom. The third-order valence-corrected chi connectivity index (χ3v) is 6.43. The van der Waals surface area contributed by atoms with Crippen LogP contribution >= 0.6 is 0 Å². The lowest BCUT2D eigenvalue weighted by molar-refractivity contribution is -0.195. The van der Waals surface area contributed by atoms with Crippen molar-refractivity contribution in [2.75, 3.05) is 36.5 Å². The van der Waals surface area contributed by atoms with Crippen LogP contribution in [-0.2, 0) is 11.2 Å². The van der Waals surface area contributed by atoms with Crippen molar-refractivity contribution in [1.29, 1.82) is 0 Å². The molecule has 0 radical (unpaired) electrons. The van der Waals surface area contributed by atoms with E-state index in [0.29, 0.717) is 37.6 Å². The first-order valence-electron chi connectivity index (χ1n) is 10.7. The lowest BCUT2D eigenvalue weighted by Crippen LogP contribution is -2.37. The van der Waals surface area contributed by atoms with Gasteiger partial charge in [0, 0.05) is 31.5 Å². The van der Waals surface area contributed by atoms with Gasteiger partial charge < -0.3 is 25.2 Å². The molecule has 180 valence electrons. The number of aromatic hydroxyl groups is 1. The van der Waals surface area contributed by atoms with Gasteiger partial charge in [-0.05, 0) is 30.5 Å². The average molecular weight is 477 g/mol. The molecular weight excluding hydrogens is 455 g/mol. The minimum absolute atomic E-state index is 0.0147. The molecule has 1 amide bonds. The molecule has 1 unspecified atom stereocenters. The molecule has 0 spiro atoms. The number of carbonyl (C=O) groups is 1. The highest BCUT2D eigenvalue weighted by Gasteiger charge is 2.70. The Bertz CT molecular complexity index is 1240. The zero-order chi connectivity index (χ0) is 24.1. The third-order valence-electron chi connectivity index (χ3n) is 6.43. The quantitative estimate of drug-likeness (QED) is 0.484. The molecule has 0 bridgehead atoms. The van der Waals surface area contributed by atoms with Crippen LogP contribution in [0.4, 0.5) is 24.5 Å². The number of phenolic OH excluding ortho intramolecular Hbond substituents is 1. The SMILES string of the molecule is O=C(Nc1cc(C[C@@]2(C(F)(F)F)CC2O)c(O)cc1N1CCOCC1)c1cnn2cccnc12. The van der Waals surface area contributed by atoms with Gasteiger partial charge in [0.05, 0.1) is 42.3 Å². The molecule has 2 atom stereocenters. The smallest absolute Gasteiger partial charge is 0.397 e. The summed E-state index contributed by atoms with van der Waals surface area (Å²) in [6.45, 7) is 1.81. The fraction of sp³-hybridized carbons (Fsp3) is 0.409. The molecule has 1 aliphatic heterocycles. The number of aromatic nitrogens is 3. The summed E-state index contributed by atoms with van der Waals surface area (Å²) in [7, 11) is 0. The van der Waals surface area contributed by atoms with E-state index in [1.165, 1.54) is 29.0 Å². The van der Waals surface area contributed by atoms with Gasteiger partial charge in [0.15, 0.2) is 5.65 Å². The Morgan fingerprint density at radius 1 is 1.29 bits per heavy atom. The van der Waals surface area contributed by atoms with E-state index in [4.69, 9.17) is 4.74 Å². The minimum Gasteiger partial charge on any atom is -0.508 e. The molecule has 2 aromatic heterocycles. The molecule has 12 heteroatoms. The van der Waals surface area contributed by atoms with Crippen LogP contribution in [0.15, 0.2) is 36.8 Å². The highest BCUT2D eigenvalue weighted by atomic mass is 19.4. The van der Waals surface area contributed by atoms with E-state index in [0.717, 1.165) is 0 Å². The molecule has 2 aliphatic rings. The van der Waals surface area contributed by atoms with Crippen molar-refractivity contribution in [3.8, 4) is 5.75 Å². The van der Waals surface area contributed by atoms with Crippen LogP contribution in [0.2, 0.25) is 0 Å². The van der Waals surface area contributed by atoms with E-state index < -0.39 is 36.4 Å². The number of nitrogens with one attached hydrogen (secondary N) is 1. The predicted molar refractivity (Wildman–Crippen MR) is 115 cm³/mol. The summed E-state index contributed by atoms with van der Waals surface area (Å²) in [4.78, 5) is 19.1. The second-order valence-electron chi connectivity index (χ2n) is 8.55. The van der Waals surface area contributed by atoms with Gasteiger partial charge >= 0.3 is 6.18 Å². The third kappa shape index (κ3) is 3.82. The van der Waals surface area contributed by atoms with Gasteiger partial charge in [-0.25, -0.2) is 9.50 Å². The summed E-state index contributed by atoms with van der Waals surface area (Å²) in [5.74, 6) is -0.878. The fourth-order valence-electron chi connectivity index (χ4n) is 4.33. The number of rotatable bonds is 5. The van der Waals surface area contributed by atoms with Gasteiger partial charge in [0.2, 0.25) is 0 Å². The molecule has 34 heavy (non-hydrogen) atoms. The first-order valence-corrected chi connectivity index (χ1v) is 10.7. The molecular formula is C22H22F3N5O4. The number of halogens is 3. The highest BCUT2D eigenvalue weighted by Crippen LogP contribution is 2.60. The van der Waals surface area contributed by atoms with E-state index in [1.807, 2.05) is 4.90 Å². The van der Waals surface area contributed by atoms with E-state index in [2.05, 4.69) is 15.4 Å². The normalized spacial score (nSPS) is 22.7. The van der Waals surface area contributed by atoms with Gasteiger partial charge in [-0.2, -0.15) is 18.3 Å². The maximum atomic E-state index is 13.6. The molecule has 1 saturated carbocycles. The van der Waals surface area contributed by atoms with Crippen molar-refractivity contribution in [2.45, 2.75) is 25.1 Å². The maximum Gasteiger partial charge on any atom is 0.397 e. The monoisotopic (exact) mass is 477 g/mol. The molecule has 3 heterocycles. The number of aliphatic hydroxyl groups excluding tert-OH is 1. The number of amides is 1. The average Bonchev–Trinajstić information content (AvgIpc) is 3.28. The predicted octanol–water partition coefficient (Wildman–Crippen LogP) is 2.38. The molecule has 3 N–H and O–H groups in total. The Balaban J connectivity index is 1.52. The first-order chi connectivity index (χ1) is 16.2. The molecule has 1 saturated heterocycles. The van der Waals surface area contributed by atoms with Gasteiger partial charge in [-0.3, -0.25) is 4.79 Å². The van der Waals surface area contributed by atoms with Crippen LogP contribution in [0.1, 0.15) is 22.3 Å². The number of alkyl halides is 3. The number of ether oxygens (including phenoxy) is 1. The lowest BCUT2D eigenvalue weighted by atomic mass is 9.93. The molecule has 9 nitrogen and oxygen atoms in total. The Morgan fingerprint density at radius 3 is 2.71 bits per heavy atom. The van der Waals surface area contributed by atoms with Gasteiger partial charge in [-0.15, -0.1) is 0 Å². The van der Waals surface area contributed by atoms with Crippen molar-refractivity contribution in [1.82, 2.24) is 14.6 Å². The number of phenols is 1. The number of carbonyl (C=O) groups excluding carboxylic acids is 1. The van der Waals surface area contributed by atoms with Crippen LogP contribution < -0.4 is 10.2 Å². The summed E-state index contributed by atoms with van der Waals surface area (Å²) in [5.41, 5.74) is -1.11. The highest BCUT2D eigenvalue weighted by molar-refractivity contribution is 6.09. The summed E-state index contributed by atoms with van der Waals surface area (Å²) >= 11 is 0. The number of benzene rings is 1. The molecule has 3 aromatic rings. The largest absolute Gasteiger partial charge is 0.508 e. The van der Waals surface area contributed by atoms with E-state index >= 15 is 0 Å². The van der Waals surface area contributed by atoms with E-state index in [9.17, 15) is 28.2 Å². The van der Waals surface area contributed by atoms with Crippen LogP contribution in [0.3, 0.4) is 0 Å². The van der Waals surface area contributed by atoms with Crippen LogP contribution in [0.5, 0.6) is 5.75 Å².